The molecule has 0 saturated heterocycles. The van der Waals surface area contributed by atoms with Crippen molar-refractivity contribution >= 4 is 11.9 Å². The predicted octanol–water partition coefficient (Wildman–Crippen LogP) is 0.201. The average Bonchev–Trinajstić information content (AvgIpc) is 2.14. The third-order valence-corrected chi connectivity index (χ3v) is 2.32. The molecule has 0 aliphatic carbocycles. The molecule has 0 spiro atoms. The van der Waals surface area contributed by atoms with Gasteiger partial charge in [-0.25, -0.2) is 0 Å². The van der Waals surface area contributed by atoms with Crippen molar-refractivity contribution in [1.29, 1.82) is 0 Å². The van der Waals surface area contributed by atoms with Gasteiger partial charge in [0, 0.05) is 6.04 Å². The van der Waals surface area contributed by atoms with Gasteiger partial charge < -0.3 is 16.8 Å². The van der Waals surface area contributed by atoms with Gasteiger partial charge in [0.15, 0.2) is 5.96 Å². The molecule has 0 radical (unpaired) electrons. The molecular weight excluding hydrogens is 192 g/mol. The van der Waals surface area contributed by atoms with E-state index in [1.165, 1.54) is 0 Å². The largest absolute Gasteiger partial charge is 0.370 e. The van der Waals surface area contributed by atoms with Crippen LogP contribution in [0.25, 0.3) is 0 Å². The molecule has 0 heterocycles. The summed E-state index contributed by atoms with van der Waals surface area (Å²) in [5.41, 5.74) is 10.2. The lowest BCUT2D eigenvalue weighted by molar-refractivity contribution is -0.125. The van der Waals surface area contributed by atoms with Crippen LogP contribution in [0, 0.1) is 5.41 Å². The van der Waals surface area contributed by atoms with Crippen LogP contribution in [0.3, 0.4) is 0 Å². The molecule has 0 bridgehead atoms. The lowest BCUT2D eigenvalue weighted by atomic mass is 9.93. The van der Waals surface area contributed by atoms with Gasteiger partial charge in [0.2, 0.25) is 5.91 Å². The molecule has 88 valence electrons. The Morgan fingerprint density at radius 1 is 1.47 bits per heavy atom. The standard InChI is InChI=1S/C10H22N4O/c1-5-7(2)14-9(12)13-6-10(3,4)8(11)15/h7H,5-6H2,1-4H3,(H2,11,15)(H3,12,13,14). The van der Waals surface area contributed by atoms with Crippen LogP contribution in [-0.2, 0) is 4.79 Å². The summed E-state index contributed by atoms with van der Waals surface area (Å²) >= 11 is 0. The van der Waals surface area contributed by atoms with Gasteiger partial charge in [0.1, 0.15) is 0 Å². The van der Waals surface area contributed by atoms with E-state index in [1.807, 2.05) is 6.92 Å². The first-order chi connectivity index (χ1) is 6.79. The highest BCUT2D eigenvalue weighted by Crippen LogP contribution is 2.13. The second-order valence-corrected chi connectivity index (χ2v) is 4.40. The Morgan fingerprint density at radius 2 is 2.00 bits per heavy atom. The molecule has 5 heteroatoms. The quantitative estimate of drug-likeness (QED) is 0.451. The van der Waals surface area contributed by atoms with Crippen LogP contribution >= 0.6 is 0 Å². The molecule has 1 amide bonds. The molecule has 0 aromatic rings. The lowest BCUT2D eigenvalue weighted by Crippen LogP contribution is -2.40. The van der Waals surface area contributed by atoms with Crippen LogP contribution in [0.15, 0.2) is 4.99 Å². The van der Waals surface area contributed by atoms with Crippen molar-refractivity contribution in [1.82, 2.24) is 5.32 Å². The van der Waals surface area contributed by atoms with E-state index in [-0.39, 0.29) is 11.9 Å². The number of carbonyl (C=O) groups excluding carboxylic acids is 1. The Bertz CT molecular complexity index is 248. The second kappa shape index (κ2) is 5.58. The molecule has 0 saturated carbocycles. The number of nitrogens with two attached hydrogens (primary N) is 2. The van der Waals surface area contributed by atoms with Crippen LogP contribution in [-0.4, -0.2) is 24.5 Å². The zero-order chi connectivity index (χ0) is 12.1. The maximum atomic E-state index is 11.0. The molecule has 0 aliphatic heterocycles. The number of guanidine groups is 1. The van der Waals surface area contributed by atoms with Crippen molar-refractivity contribution in [3.63, 3.8) is 0 Å². The second-order valence-electron chi connectivity index (χ2n) is 4.40. The van der Waals surface area contributed by atoms with Crippen molar-refractivity contribution in [2.75, 3.05) is 6.54 Å². The van der Waals surface area contributed by atoms with Gasteiger partial charge in [-0.3, -0.25) is 9.79 Å². The number of rotatable bonds is 5. The minimum Gasteiger partial charge on any atom is -0.370 e. The number of nitrogens with zero attached hydrogens (tertiary/aromatic N) is 1. The summed E-state index contributed by atoms with van der Waals surface area (Å²) in [6.07, 6.45) is 0.968. The van der Waals surface area contributed by atoms with Crippen molar-refractivity contribution in [2.24, 2.45) is 21.9 Å². The summed E-state index contributed by atoms with van der Waals surface area (Å²) in [4.78, 5) is 15.1. The fraction of sp³-hybridized carbons (Fsp3) is 0.800. The minimum atomic E-state index is -0.651. The molecule has 0 aliphatic rings. The number of carbonyl (C=O) groups is 1. The van der Waals surface area contributed by atoms with Gasteiger partial charge in [-0.2, -0.15) is 0 Å². The van der Waals surface area contributed by atoms with Gasteiger partial charge in [0.25, 0.3) is 0 Å². The van der Waals surface area contributed by atoms with Gasteiger partial charge in [-0.15, -0.1) is 0 Å². The highest BCUT2D eigenvalue weighted by molar-refractivity contribution is 5.82. The molecule has 0 fully saturated rings. The maximum Gasteiger partial charge on any atom is 0.224 e. The number of aliphatic imine (C=N–C) groups is 1. The zero-order valence-corrected chi connectivity index (χ0v) is 10.0. The van der Waals surface area contributed by atoms with Gasteiger partial charge in [-0.05, 0) is 27.2 Å². The molecule has 5 N–H and O–H groups in total. The molecule has 0 rings (SSSR count). The summed E-state index contributed by atoms with van der Waals surface area (Å²) in [6, 6.07) is 0.283. The first-order valence-corrected chi connectivity index (χ1v) is 5.16. The molecule has 1 unspecified atom stereocenters. The Kier molecular flexibility index (Phi) is 5.11. The normalized spacial score (nSPS) is 14.8. The van der Waals surface area contributed by atoms with E-state index < -0.39 is 5.41 Å². The molecule has 1 atom stereocenters. The SMILES string of the molecule is CCC(C)NC(N)=NCC(C)(C)C(N)=O. The van der Waals surface area contributed by atoms with Crippen LogP contribution in [0.4, 0.5) is 0 Å². The predicted molar refractivity (Wildman–Crippen MR) is 62.4 cm³/mol. The first-order valence-electron chi connectivity index (χ1n) is 5.16. The lowest BCUT2D eigenvalue weighted by Gasteiger charge is -2.18. The fourth-order valence-electron chi connectivity index (χ4n) is 0.761. The van der Waals surface area contributed by atoms with Crippen molar-refractivity contribution < 1.29 is 4.79 Å². The van der Waals surface area contributed by atoms with Crippen molar-refractivity contribution in [3.8, 4) is 0 Å². The number of hydrogen-bond donors (Lipinski definition) is 3. The van der Waals surface area contributed by atoms with E-state index in [0.29, 0.717) is 12.5 Å². The van der Waals surface area contributed by atoms with E-state index in [0.717, 1.165) is 6.42 Å². The van der Waals surface area contributed by atoms with Crippen LogP contribution < -0.4 is 16.8 Å². The van der Waals surface area contributed by atoms with E-state index in [2.05, 4.69) is 17.2 Å². The first kappa shape index (κ1) is 13.7. The Labute approximate surface area is 91.3 Å². The van der Waals surface area contributed by atoms with Crippen molar-refractivity contribution in [2.45, 2.75) is 40.2 Å². The molecular formula is C10H22N4O. The minimum absolute atomic E-state index is 0.283. The van der Waals surface area contributed by atoms with Crippen LogP contribution in [0.1, 0.15) is 34.1 Å². The van der Waals surface area contributed by atoms with Crippen molar-refractivity contribution in [3.05, 3.63) is 0 Å². The zero-order valence-electron chi connectivity index (χ0n) is 10.0. The third-order valence-electron chi connectivity index (χ3n) is 2.32. The summed E-state index contributed by atoms with van der Waals surface area (Å²) in [5, 5.41) is 3.02. The highest BCUT2D eigenvalue weighted by atomic mass is 16.1. The summed E-state index contributed by atoms with van der Waals surface area (Å²) in [7, 11) is 0. The number of nitrogens with one attached hydrogen (secondary N) is 1. The van der Waals surface area contributed by atoms with Gasteiger partial charge in [-0.1, -0.05) is 6.92 Å². The van der Waals surface area contributed by atoms with Gasteiger partial charge >= 0.3 is 0 Å². The molecule has 0 aromatic heterocycles. The number of hydrogen-bond acceptors (Lipinski definition) is 2. The highest BCUT2D eigenvalue weighted by Gasteiger charge is 2.24. The average molecular weight is 214 g/mol. The monoisotopic (exact) mass is 214 g/mol. The Hall–Kier alpha value is -1.26. The number of primary amides is 1. The number of amides is 1. The summed E-state index contributed by atoms with van der Waals surface area (Å²) < 4.78 is 0. The Balaban J connectivity index is 4.22. The van der Waals surface area contributed by atoms with E-state index in [4.69, 9.17) is 11.5 Å². The van der Waals surface area contributed by atoms with Gasteiger partial charge in [0.05, 0.1) is 12.0 Å². The summed E-state index contributed by atoms with van der Waals surface area (Å²) in [6.45, 7) is 7.86. The third kappa shape index (κ3) is 5.24. The molecule has 0 aromatic carbocycles. The maximum absolute atomic E-state index is 11.0. The Morgan fingerprint density at radius 3 is 2.40 bits per heavy atom. The smallest absolute Gasteiger partial charge is 0.224 e. The topological polar surface area (TPSA) is 93.5 Å². The molecule has 5 nitrogen and oxygen atoms in total. The fourth-order valence-corrected chi connectivity index (χ4v) is 0.761. The summed E-state index contributed by atoms with van der Waals surface area (Å²) in [5.74, 6) is -0.0127. The van der Waals surface area contributed by atoms with E-state index >= 15 is 0 Å². The van der Waals surface area contributed by atoms with E-state index in [1.54, 1.807) is 13.8 Å². The van der Waals surface area contributed by atoms with Crippen LogP contribution in [0.2, 0.25) is 0 Å². The van der Waals surface area contributed by atoms with E-state index in [9.17, 15) is 4.79 Å². The molecule has 15 heavy (non-hydrogen) atoms. The van der Waals surface area contributed by atoms with Crippen LogP contribution in [0.5, 0.6) is 0 Å².